The van der Waals surface area contributed by atoms with E-state index in [0.717, 1.165) is 58.3 Å². The molecule has 0 amide bonds. The van der Waals surface area contributed by atoms with Gasteiger partial charge in [-0.05, 0) is 25.3 Å². The number of aromatic nitrogens is 2. The van der Waals surface area contributed by atoms with E-state index in [1.807, 2.05) is 23.1 Å². The number of ether oxygens (including phenoxy) is 1. The second kappa shape index (κ2) is 11.1. The predicted molar refractivity (Wildman–Crippen MR) is 102 cm³/mol. The van der Waals surface area contributed by atoms with Crippen LogP contribution >= 0.6 is 0 Å². The van der Waals surface area contributed by atoms with Crippen LogP contribution in [0, 0.1) is 5.92 Å². The summed E-state index contributed by atoms with van der Waals surface area (Å²) in [6, 6.07) is 1.95. The summed E-state index contributed by atoms with van der Waals surface area (Å²) in [6.07, 6.45) is 5.00. The van der Waals surface area contributed by atoms with Crippen molar-refractivity contribution in [2.45, 2.75) is 39.8 Å². The average molecular weight is 351 g/mol. The molecule has 0 saturated carbocycles. The Kier molecular flexibility index (Phi) is 8.76. The Morgan fingerprint density at radius 2 is 2.28 bits per heavy atom. The highest BCUT2D eigenvalue weighted by atomic mass is 16.5. The first-order chi connectivity index (χ1) is 12.2. The van der Waals surface area contributed by atoms with E-state index in [1.165, 1.54) is 0 Å². The normalized spacial score (nSPS) is 19.4. The number of nitrogens with one attached hydrogen (secondary N) is 2. The molecule has 0 aromatic carbocycles. The summed E-state index contributed by atoms with van der Waals surface area (Å²) in [5.74, 6) is 1.56. The number of guanidine groups is 1. The van der Waals surface area contributed by atoms with Crippen LogP contribution in [0.5, 0.6) is 0 Å². The molecular weight excluding hydrogens is 316 g/mol. The van der Waals surface area contributed by atoms with E-state index in [9.17, 15) is 0 Å². The SMILES string of the molecule is CCNC(=NCC1CN(CC(C)C)CCO1)NCCCn1cccn1. The lowest BCUT2D eigenvalue weighted by molar-refractivity contribution is -0.0261. The molecule has 2 heterocycles. The van der Waals surface area contributed by atoms with Gasteiger partial charge in [-0.3, -0.25) is 14.6 Å². The maximum Gasteiger partial charge on any atom is 0.191 e. The molecule has 1 aromatic heterocycles. The van der Waals surface area contributed by atoms with Crippen molar-refractivity contribution in [3.63, 3.8) is 0 Å². The summed E-state index contributed by atoms with van der Waals surface area (Å²) in [5.41, 5.74) is 0. The Hall–Kier alpha value is -1.60. The topological polar surface area (TPSA) is 66.7 Å². The third kappa shape index (κ3) is 7.88. The molecule has 2 N–H and O–H groups in total. The fraction of sp³-hybridized carbons (Fsp3) is 0.778. The Labute approximate surface area is 151 Å². The van der Waals surface area contributed by atoms with E-state index in [2.05, 4.69) is 41.4 Å². The number of rotatable bonds is 9. The lowest BCUT2D eigenvalue weighted by Gasteiger charge is -2.33. The van der Waals surface area contributed by atoms with Gasteiger partial charge in [0.2, 0.25) is 0 Å². The van der Waals surface area contributed by atoms with E-state index in [0.29, 0.717) is 12.5 Å². The van der Waals surface area contributed by atoms with Crippen LogP contribution in [-0.2, 0) is 11.3 Å². The molecule has 7 nitrogen and oxygen atoms in total. The first-order valence-electron chi connectivity index (χ1n) is 9.51. The molecule has 25 heavy (non-hydrogen) atoms. The van der Waals surface area contributed by atoms with E-state index < -0.39 is 0 Å². The van der Waals surface area contributed by atoms with Gasteiger partial charge in [0.05, 0.1) is 19.3 Å². The number of nitrogens with zero attached hydrogens (tertiary/aromatic N) is 4. The lowest BCUT2D eigenvalue weighted by Crippen LogP contribution is -2.46. The van der Waals surface area contributed by atoms with Crippen LogP contribution in [0.3, 0.4) is 0 Å². The van der Waals surface area contributed by atoms with Gasteiger partial charge < -0.3 is 15.4 Å². The molecule has 1 aliphatic heterocycles. The Morgan fingerprint density at radius 3 is 3.00 bits per heavy atom. The number of hydrogen-bond acceptors (Lipinski definition) is 4. The van der Waals surface area contributed by atoms with Gasteiger partial charge in [-0.2, -0.15) is 5.10 Å². The molecule has 1 aliphatic rings. The van der Waals surface area contributed by atoms with E-state index in [-0.39, 0.29) is 6.10 Å². The van der Waals surface area contributed by atoms with Crippen LogP contribution < -0.4 is 10.6 Å². The maximum absolute atomic E-state index is 5.88. The Balaban J connectivity index is 1.72. The molecule has 1 atom stereocenters. The third-order valence-electron chi connectivity index (χ3n) is 4.06. The van der Waals surface area contributed by atoms with Crippen molar-refractivity contribution in [1.29, 1.82) is 0 Å². The number of aryl methyl sites for hydroxylation is 1. The van der Waals surface area contributed by atoms with Gasteiger partial charge in [-0.1, -0.05) is 13.8 Å². The highest BCUT2D eigenvalue weighted by Crippen LogP contribution is 2.08. The lowest BCUT2D eigenvalue weighted by atomic mass is 10.2. The minimum absolute atomic E-state index is 0.187. The molecule has 0 aliphatic carbocycles. The smallest absolute Gasteiger partial charge is 0.191 e. The first kappa shape index (κ1) is 19.7. The quantitative estimate of drug-likeness (QED) is 0.398. The number of aliphatic imine (C=N–C) groups is 1. The van der Waals surface area contributed by atoms with Gasteiger partial charge in [0.25, 0.3) is 0 Å². The van der Waals surface area contributed by atoms with Crippen LogP contribution in [0.15, 0.2) is 23.5 Å². The van der Waals surface area contributed by atoms with Crippen molar-refractivity contribution < 1.29 is 4.74 Å². The minimum Gasteiger partial charge on any atom is -0.374 e. The third-order valence-corrected chi connectivity index (χ3v) is 4.06. The van der Waals surface area contributed by atoms with Crippen LogP contribution in [0.1, 0.15) is 27.2 Å². The molecule has 0 bridgehead atoms. The van der Waals surface area contributed by atoms with Crippen molar-refractivity contribution in [2.24, 2.45) is 10.9 Å². The summed E-state index contributed by atoms with van der Waals surface area (Å²) in [6.45, 7) is 13.9. The van der Waals surface area contributed by atoms with E-state index >= 15 is 0 Å². The van der Waals surface area contributed by atoms with Crippen LogP contribution in [0.4, 0.5) is 0 Å². The number of hydrogen-bond donors (Lipinski definition) is 2. The van der Waals surface area contributed by atoms with Crippen molar-refractivity contribution >= 4 is 5.96 Å². The van der Waals surface area contributed by atoms with Crippen LogP contribution in [0.2, 0.25) is 0 Å². The van der Waals surface area contributed by atoms with Crippen molar-refractivity contribution in [1.82, 2.24) is 25.3 Å². The van der Waals surface area contributed by atoms with Gasteiger partial charge >= 0.3 is 0 Å². The molecule has 1 fully saturated rings. The highest BCUT2D eigenvalue weighted by molar-refractivity contribution is 5.79. The van der Waals surface area contributed by atoms with Gasteiger partial charge in [0.1, 0.15) is 0 Å². The summed E-state index contributed by atoms with van der Waals surface area (Å²) in [7, 11) is 0. The maximum atomic E-state index is 5.88. The average Bonchev–Trinajstić information content (AvgIpc) is 3.09. The molecule has 0 spiro atoms. The highest BCUT2D eigenvalue weighted by Gasteiger charge is 2.20. The second-order valence-electron chi connectivity index (χ2n) is 6.92. The minimum atomic E-state index is 0.187. The zero-order valence-corrected chi connectivity index (χ0v) is 15.9. The molecule has 1 saturated heterocycles. The van der Waals surface area contributed by atoms with Gasteiger partial charge in [0, 0.05) is 51.7 Å². The molecule has 142 valence electrons. The van der Waals surface area contributed by atoms with Crippen molar-refractivity contribution in [3.05, 3.63) is 18.5 Å². The van der Waals surface area contributed by atoms with E-state index in [1.54, 1.807) is 0 Å². The van der Waals surface area contributed by atoms with Gasteiger partial charge in [-0.25, -0.2) is 0 Å². The largest absolute Gasteiger partial charge is 0.374 e. The monoisotopic (exact) mass is 350 g/mol. The summed E-state index contributed by atoms with van der Waals surface area (Å²) in [4.78, 5) is 7.19. The standard InChI is InChI=1S/C18H34N6O/c1-4-19-18(20-7-5-9-24-10-6-8-22-24)21-13-17-15-23(11-12-25-17)14-16(2)3/h6,8,10,16-17H,4-5,7,9,11-15H2,1-3H3,(H2,19,20,21). The predicted octanol–water partition coefficient (Wildman–Crippen LogP) is 1.19. The fourth-order valence-corrected chi connectivity index (χ4v) is 2.99. The van der Waals surface area contributed by atoms with Crippen molar-refractivity contribution in [3.8, 4) is 0 Å². The molecule has 0 radical (unpaired) electrons. The fourth-order valence-electron chi connectivity index (χ4n) is 2.99. The zero-order chi connectivity index (χ0) is 17.9. The summed E-state index contributed by atoms with van der Waals surface area (Å²) >= 11 is 0. The number of morpholine rings is 1. The molecule has 2 rings (SSSR count). The summed E-state index contributed by atoms with van der Waals surface area (Å²) < 4.78 is 7.83. The zero-order valence-electron chi connectivity index (χ0n) is 15.9. The molecular formula is C18H34N6O. The Bertz CT molecular complexity index is 488. The van der Waals surface area contributed by atoms with Gasteiger partial charge in [0.15, 0.2) is 5.96 Å². The summed E-state index contributed by atoms with van der Waals surface area (Å²) in [5, 5.41) is 10.9. The second-order valence-corrected chi connectivity index (χ2v) is 6.92. The first-order valence-corrected chi connectivity index (χ1v) is 9.51. The van der Waals surface area contributed by atoms with Crippen molar-refractivity contribution in [2.75, 3.05) is 45.9 Å². The van der Waals surface area contributed by atoms with Gasteiger partial charge in [-0.15, -0.1) is 0 Å². The van der Waals surface area contributed by atoms with Crippen LogP contribution in [0.25, 0.3) is 0 Å². The molecule has 1 aromatic rings. The van der Waals surface area contributed by atoms with E-state index in [4.69, 9.17) is 9.73 Å². The molecule has 7 heteroatoms. The Morgan fingerprint density at radius 1 is 1.40 bits per heavy atom. The molecule has 1 unspecified atom stereocenters. The van der Waals surface area contributed by atoms with Crippen LogP contribution in [-0.4, -0.2) is 72.6 Å².